The van der Waals surface area contributed by atoms with Gasteiger partial charge in [-0.2, -0.15) is 0 Å². The molecule has 0 saturated heterocycles. The lowest BCUT2D eigenvalue weighted by molar-refractivity contribution is 1.44. The maximum absolute atomic E-state index is 3.43. The Morgan fingerprint density at radius 1 is 1.27 bits per heavy atom. The summed E-state index contributed by atoms with van der Waals surface area (Å²) in [7, 11) is 0. The standard InChI is InChI=1S/C9H8Br2/c1-7-4-8(2-3-10)6-9(11)5-7/h2-6H,1H3. The van der Waals surface area contributed by atoms with E-state index in [9.17, 15) is 0 Å². The highest BCUT2D eigenvalue weighted by atomic mass is 79.9. The van der Waals surface area contributed by atoms with Crippen molar-refractivity contribution >= 4 is 37.9 Å². The maximum Gasteiger partial charge on any atom is 0.0183 e. The van der Waals surface area contributed by atoms with E-state index >= 15 is 0 Å². The van der Waals surface area contributed by atoms with Crippen molar-refractivity contribution in [2.45, 2.75) is 6.92 Å². The summed E-state index contributed by atoms with van der Waals surface area (Å²) in [5, 5.41) is 0. The lowest BCUT2D eigenvalue weighted by atomic mass is 10.1. The van der Waals surface area contributed by atoms with Crippen LogP contribution in [-0.2, 0) is 0 Å². The van der Waals surface area contributed by atoms with Gasteiger partial charge in [0.05, 0.1) is 0 Å². The highest BCUT2D eigenvalue weighted by molar-refractivity contribution is 9.11. The zero-order valence-electron chi connectivity index (χ0n) is 6.14. The summed E-state index contributed by atoms with van der Waals surface area (Å²) in [5.74, 6) is 0. The smallest absolute Gasteiger partial charge is 0.0183 e. The molecule has 0 radical (unpaired) electrons. The molecule has 0 N–H and O–H groups in total. The third-order valence-electron chi connectivity index (χ3n) is 1.32. The summed E-state index contributed by atoms with van der Waals surface area (Å²) in [6.07, 6.45) is 2.01. The fourth-order valence-corrected chi connectivity index (χ4v) is 1.86. The largest absolute Gasteiger partial charge is 0.0595 e. The normalized spacial score (nSPS) is 10.8. The Morgan fingerprint density at radius 3 is 2.55 bits per heavy atom. The van der Waals surface area contributed by atoms with Gasteiger partial charge in [-0.25, -0.2) is 0 Å². The average molecular weight is 276 g/mol. The molecule has 2 heteroatoms. The summed E-state index contributed by atoms with van der Waals surface area (Å²) in [6.45, 7) is 2.08. The predicted molar refractivity (Wildman–Crippen MR) is 56.8 cm³/mol. The summed E-state index contributed by atoms with van der Waals surface area (Å²) >= 11 is 6.67. The number of halogens is 2. The summed E-state index contributed by atoms with van der Waals surface area (Å²) in [4.78, 5) is 1.86. The van der Waals surface area contributed by atoms with E-state index in [4.69, 9.17) is 0 Å². The quantitative estimate of drug-likeness (QED) is 0.723. The number of rotatable bonds is 1. The molecule has 0 amide bonds. The van der Waals surface area contributed by atoms with Crippen LogP contribution in [0.4, 0.5) is 0 Å². The van der Waals surface area contributed by atoms with E-state index in [0.29, 0.717) is 0 Å². The van der Waals surface area contributed by atoms with Gasteiger partial charge in [0.1, 0.15) is 0 Å². The fourth-order valence-electron chi connectivity index (χ4n) is 0.934. The summed E-state index contributed by atoms with van der Waals surface area (Å²) in [5.41, 5.74) is 2.47. The van der Waals surface area contributed by atoms with E-state index in [0.717, 1.165) is 4.47 Å². The van der Waals surface area contributed by atoms with E-state index in [2.05, 4.69) is 57.0 Å². The molecular weight excluding hydrogens is 268 g/mol. The molecule has 1 aromatic carbocycles. The number of hydrogen-bond acceptors (Lipinski definition) is 0. The average Bonchev–Trinajstić information content (AvgIpc) is 1.85. The molecule has 1 rings (SSSR count). The maximum atomic E-state index is 3.43. The van der Waals surface area contributed by atoms with Gasteiger partial charge in [-0.05, 0) is 41.2 Å². The van der Waals surface area contributed by atoms with E-state index in [1.165, 1.54) is 11.1 Å². The van der Waals surface area contributed by atoms with Gasteiger partial charge in [-0.3, -0.25) is 0 Å². The van der Waals surface area contributed by atoms with E-state index < -0.39 is 0 Å². The fraction of sp³-hybridized carbons (Fsp3) is 0.111. The van der Waals surface area contributed by atoms with Crippen molar-refractivity contribution in [2.75, 3.05) is 0 Å². The van der Waals surface area contributed by atoms with Gasteiger partial charge in [0, 0.05) is 4.47 Å². The molecule has 1 aromatic rings. The monoisotopic (exact) mass is 274 g/mol. The van der Waals surface area contributed by atoms with E-state index in [-0.39, 0.29) is 0 Å². The van der Waals surface area contributed by atoms with Crippen molar-refractivity contribution in [1.29, 1.82) is 0 Å². The van der Waals surface area contributed by atoms with Crippen LogP contribution in [0.1, 0.15) is 11.1 Å². The van der Waals surface area contributed by atoms with Crippen LogP contribution in [0.15, 0.2) is 27.7 Å². The Kier molecular flexibility index (Phi) is 3.34. The second-order valence-electron chi connectivity index (χ2n) is 2.35. The van der Waals surface area contributed by atoms with Crippen molar-refractivity contribution in [3.8, 4) is 0 Å². The predicted octanol–water partition coefficient (Wildman–Crippen LogP) is 4.12. The van der Waals surface area contributed by atoms with Crippen LogP contribution in [-0.4, -0.2) is 0 Å². The Labute approximate surface area is 83.6 Å². The molecule has 0 fully saturated rings. The lowest BCUT2D eigenvalue weighted by Crippen LogP contribution is -1.75. The van der Waals surface area contributed by atoms with Crippen LogP contribution in [0.3, 0.4) is 0 Å². The van der Waals surface area contributed by atoms with Crippen molar-refractivity contribution < 1.29 is 0 Å². The van der Waals surface area contributed by atoms with Crippen LogP contribution in [0.5, 0.6) is 0 Å². The van der Waals surface area contributed by atoms with Gasteiger partial charge in [0.2, 0.25) is 0 Å². The first-order chi connectivity index (χ1) is 5.22. The minimum atomic E-state index is 1.12. The first-order valence-electron chi connectivity index (χ1n) is 3.26. The van der Waals surface area contributed by atoms with Crippen molar-refractivity contribution in [2.24, 2.45) is 0 Å². The van der Waals surface area contributed by atoms with Gasteiger partial charge >= 0.3 is 0 Å². The Hall–Kier alpha value is -0.0800. The van der Waals surface area contributed by atoms with Crippen molar-refractivity contribution in [3.05, 3.63) is 38.8 Å². The molecule has 0 heterocycles. The summed E-state index contributed by atoms with van der Waals surface area (Å²) in [6, 6.07) is 6.29. The third-order valence-corrected chi connectivity index (χ3v) is 2.04. The van der Waals surface area contributed by atoms with Gasteiger partial charge < -0.3 is 0 Å². The molecule has 0 aliphatic heterocycles. The SMILES string of the molecule is Cc1cc(Br)cc(C=CBr)c1. The van der Waals surface area contributed by atoms with E-state index in [1.54, 1.807) is 0 Å². The number of aryl methyl sites for hydroxylation is 1. The first-order valence-corrected chi connectivity index (χ1v) is 4.97. The summed E-state index contributed by atoms with van der Waals surface area (Å²) < 4.78 is 1.12. The first kappa shape index (κ1) is 9.01. The van der Waals surface area contributed by atoms with Crippen LogP contribution in [0.25, 0.3) is 6.08 Å². The molecule has 0 saturated carbocycles. The minimum absolute atomic E-state index is 1.12. The Bertz CT molecular complexity index is 257. The van der Waals surface area contributed by atoms with Gasteiger partial charge in [0.15, 0.2) is 0 Å². The van der Waals surface area contributed by atoms with Gasteiger partial charge in [-0.15, -0.1) is 0 Å². The molecule has 58 valence electrons. The Morgan fingerprint density at radius 2 is 2.00 bits per heavy atom. The van der Waals surface area contributed by atoms with Crippen LogP contribution < -0.4 is 0 Å². The van der Waals surface area contributed by atoms with Crippen LogP contribution in [0.2, 0.25) is 0 Å². The molecular formula is C9H8Br2. The van der Waals surface area contributed by atoms with E-state index in [1.807, 2.05) is 11.1 Å². The minimum Gasteiger partial charge on any atom is -0.0595 e. The topological polar surface area (TPSA) is 0 Å². The lowest BCUT2D eigenvalue weighted by Gasteiger charge is -1.97. The highest BCUT2D eigenvalue weighted by Crippen LogP contribution is 2.16. The van der Waals surface area contributed by atoms with Gasteiger partial charge in [0.25, 0.3) is 0 Å². The molecule has 0 aromatic heterocycles. The molecule has 0 aliphatic rings. The number of benzene rings is 1. The molecule has 0 aliphatic carbocycles. The molecule has 11 heavy (non-hydrogen) atoms. The van der Waals surface area contributed by atoms with Gasteiger partial charge in [-0.1, -0.05) is 37.9 Å². The molecule has 0 spiro atoms. The second-order valence-corrected chi connectivity index (χ2v) is 3.80. The zero-order chi connectivity index (χ0) is 8.27. The zero-order valence-corrected chi connectivity index (χ0v) is 9.31. The number of hydrogen-bond donors (Lipinski definition) is 0. The third kappa shape index (κ3) is 2.80. The van der Waals surface area contributed by atoms with Crippen LogP contribution in [0, 0.1) is 6.92 Å². The molecule has 0 nitrogen and oxygen atoms in total. The molecule has 0 bridgehead atoms. The highest BCUT2D eigenvalue weighted by Gasteiger charge is 1.91. The molecule has 0 unspecified atom stereocenters. The van der Waals surface area contributed by atoms with Crippen LogP contribution >= 0.6 is 31.9 Å². The Balaban J connectivity index is 3.08. The molecule has 0 atom stereocenters. The van der Waals surface area contributed by atoms with Crippen molar-refractivity contribution in [1.82, 2.24) is 0 Å². The van der Waals surface area contributed by atoms with Crippen molar-refractivity contribution in [3.63, 3.8) is 0 Å². The second kappa shape index (κ2) is 4.07.